The number of fused-ring (bicyclic) bond motifs is 1. The van der Waals surface area contributed by atoms with Crippen molar-refractivity contribution in [2.24, 2.45) is 0 Å². The van der Waals surface area contributed by atoms with E-state index in [1.54, 1.807) is 13.8 Å². The Morgan fingerprint density at radius 3 is 1.85 bits per heavy atom. The third-order valence-corrected chi connectivity index (χ3v) is 6.22. The van der Waals surface area contributed by atoms with Gasteiger partial charge in [0.05, 0.1) is 0 Å². The highest BCUT2D eigenvalue weighted by atomic mass is 16.3. The number of nitrogens with zero attached hydrogens (tertiary/aromatic N) is 8. The number of amides is 2. The molecule has 0 unspecified atom stereocenters. The largest absolute Gasteiger partial charge is 0.443 e. The first kappa shape index (κ1) is 21.1. The smallest absolute Gasteiger partial charge is 0.230 e. The van der Waals surface area contributed by atoms with Gasteiger partial charge in [0.25, 0.3) is 0 Å². The lowest BCUT2D eigenvalue weighted by atomic mass is 10.2. The molecule has 33 heavy (non-hydrogen) atoms. The summed E-state index contributed by atoms with van der Waals surface area (Å²) >= 11 is 0. The molecule has 0 N–H and O–H groups in total. The maximum absolute atomic E-state index is 11.7. The monoisotopic (exact) mass is 450 g/mol. The summed E-state index contributed by atoms with van der Waals surface area (Å²) in [4.78, 5) is 49.8. The van der Waals surface area contributed by atoms with E-state index < -0.39 is 0 Å². The van der Waals surface area contributed by atoms with E-state index in [-0.39, 0.29) is 11.8 Å². The molecule has 172 valence electrons. The van der Waals surface area contributed by atoms with Crippen LogP contribution in [-0.4, -0.2) is 93.9 Å². The quantitative estimate of drug-likeness (QED) is 0.577. The molecule has 0 bridgehead atoms. The third-order valence-electron chi connectivity index (χ3n) is 6.22. The van der Waals surface area contributed by atoms with Gasteiger partial charge in [-0.15, -0.1) is 0 Å². The minimum absolute atomic E-state index is 0.0791. The van der Waals surface area contributed by atoms with Crippen LogP contribution in [0.3, 0.4) is 0 Å². The van der Waals surface area contributed by atoms with E-state index in [0.717, 1.165) is 11.1 Å². The average Bonchev–Trinajstić information content (AvgIpc) is 3.32. The Labute approximate surface area is 191 Å². The number of carbonyl (C=O) groups excluding carboxylic acids is 2. The first-order valence-corrected chi connectivity index (χ1v) is 11.1. The van der Waals surface area contributed by atoms with Crippen molar-refractivity contribution in [2.45, 2.75) is 13.8 Å². The van der Waals surface area contributed by atoms with E-state index in [0.29, 0.717) is 75.7 Å². The summed E-state index contributed by atoms with van der Waals surface area (Å²) in [6, 6.07) is 5.69. The second kappa shape index (κ2) is 8.64. The number of rotatable bonds is 3. The first-order chi connectivity index (χ1) is 16.0. The Kier molecular flexibility index (Phi) is 5.53. The lowest BCUT2D eigenvalue weighted by molar-refractivity contribution is -0.129. The summed E-state index contributed by atoms with van der Waals surface area (Å²) < 4.78 is 5.46. The van der Waals surface area contributed by atoms with Crippen LogP contribution in [0.2, 0.25) is 0 Å². The van der Waals surface area contributed by atoms with Crippen LogP contribution < -0.4 is 9.80 Å². The number of hydrogen-bond acceptors (Lipinski definition) is 9. The minimum Gasteiger partial charge on any atom is -0.443 e. The molecule has 4 heterocycles. The molecule has 2 amide bonds. The van der Waals surface area contributed by atoms with Crippen LogP contribution in [-0.2, 0) is 9.59 Å². The summed E-state index contributed by atoms with van der Waals surface area (Å²) in [5, 5.41) is 0. The minimum atomic E-state index is 0.0791. The van der Waals surface area contributed by atoms with E-state index in [9.17, 15) is 9.59 Å². The zero-order valence-corrected chi connectivity index (χ0v) is 18.8. The topological polar surface area (TPSA) is 112 Å². The maximum Gasteiger partial charge on any atom is 0.230 e. The van der Waals surface area contributed by atoms with Crippen molar-refractivity contribution >= 4 is 34.8 Å². The fourth-order valence-corrected chi connectivity index (χ4v) is 4.20. The molecular formula is C22H26N8O3. The standard InChI is InChI=1S/C22H26N8O3/c1-15(31)27-5-9-29(10-6-27)21-24-20(17-3-4-18-19(13-17)33-14-23-18)25-22(26-21)30-11-7-28(8-12-30)16(2)32/h3-4,13-14H,5-12H2,1-2H3. The van der Waals surface area contributed by atoms with Gasteiger partial charge in [0.1, 0.15) is 5.52 Å². The van der Waals surface area contributed by atoms with Gasteiger partial charge in [-0.3, -0.25) is 9.59 Å². The van der Waals surface area contributed by atoms with Crippen molar-refractivity contribution < 1.29 is 14.0 Å². The van der Waals surface area contributed by atoms with Crippen molar-refractivity contribution in [1.82, 2.24) is 29.7 Å². The molecule has 0 aliphatic carbocycles. The molecule has 2 fully saturated rings. The van der Waals surface area contributed by atoms with E-state index in [2.05, 4.69) is 14.8 Å². The number of hydrogen-bond donors (Lipinski definition) is 0. The first-order valence-electron chi connectivity index (χ1n) is 11.1. The molecule has 2 aromatic heterocycles. The summed E-state index contributed by atoms with van der Waals surface area (Å²) in [6.07, 6.45) is 1.42. The Balaban J connectivity index is 1.47. The lowest BCUT2D eigenvalue weighted by Crippen LogP contribution is -2.50. The molecule has 0 spiro atoms. The van der Waals surface area contributed by atoms with Crippen LogP contribution in [0, 0.1) is 0 Å². The van der Waals surface area contributed by atoms with Crippen LogP contribution in [0.4, 0.5) is 11.9 Å². The fraction of sp³-hybridized carbons (Fsp3) is 0.455. The fourth-order valence-electron chi connectivity index (χ4n) is 4.20. The second-order valence-electron chi connectivity index (χ2n) is 8.28. The maximum atomic E-state index is 11.7. The Hall–Kier alpha value is -3.76. The number of aromatic nitrogens is 4. The zero-order chi connectivity index (χ0) is 22.9. The Morgan fingerprint density at radius 1 is 0.788 bits per heavy atom. The summed E-state index contributed by atoms with van der Waals surface area (Å²) in [7, 11) is 0. The van der Waals surface area contributed by atoms with Crippen molar-refractivity contribution in [3.63, 3.8) is 0 Å². The highest BCUT2D eigenvalue weighted by Crippen LogP contribution is 2.25. The number of oxazole rings is 1. The van der Waals surface area contributed by atoms with Gasteiger partial charge in [-0.25, -0.2) is 4.98 Å². The van der Waals surface area contributed by atoms with Crippen LogP contribution in [0.25, 0.3) is 22.5 Å². The van der Waals surface area contributed by atoms with Gasteiger partial charge in [0, 0.05) is 71.8 Å². The van der Waals surface area contributed by atoms with E-state index in [1.807, 2.05) is 28.0 Å². The normalized spacial score (nSPS) is 17.0. The zero-order valence-electron chi connectivity index (χ0n) is 18.8. The molecule has 3 aromatic rings. The van der Waals surface area contributed by atoms with Gasteiger partial charge in [-0.1, -0.05) is 0 Å². The Bertz CT molecular complexity index is 1130. The Morgan fingerprint density at radius 2 is 1.33 bits per heavy atom. The molecular weight excluding hydrogens is 424 g/mol. The highest BCUT2D eigenvalue weighted by molar-refractivity contribution is 5.78. The molecule has 0 saturated carbocycles. The lowest BCUT2D eigenvalue weighted by Gasteiger charge is -2.36. The second-order valence-corrected chi connectivity index (χ2v) is 8.28. The van der Waals surface area contributed by atoms with E-state index >= 15 is 0 Å². The molecule has 2 saturated heterocycles. The highest BCUT2D eigenvalue weighted by Gasteiger charge is 2.25. The predicted octanol–water partition coefficient (Wildman–Crippen LogP) is 1.02. The number of benzene rings is 1. The number of piperazine rings is 2. The van der Waals surface area contributed by atoms with Crippen LogP contribution in [0.5, 0.6) is 0 Å². The van der Waals surface area contributed by atoms with E-state index in [4.69, 9.17) is 19.4 Å². The number of anilines is 2. The average molecular weight is 451 g/mol. The van der Waals surface area contributed by atoms with Gasteiger partial charge < -0.3 is 24.0 Å². The molecule has 0 atom stereocenters. The SMILES string of the molecule is CC(=O)N1CCN(c2nc(-c3ccc4ncoc4c3)nc(N3CCN(C(C)=O)CC3)n2)CC1. The van der Waals surface area contributed by atoms with Gasteiger partial charge in [-0.05, 0) is 18.2 Å². The molecule has 11 heteroatoms. The van der Waals surface area contributed by atoms with Crippen LogP contribution in [0.15, 0.2) is 29.0 Å². The van der Waals surface area contributed by atoms with Crippen LogP contribution >= 0.6 is 0 Å². The summed E-state index contributed by atoms with van der Waals surface area (Å²) in [5.41, 5.74) is 2.25. The van der Waals surface area contributed by atoms with Gasteiger partial charge >= 0.3 is 0 Å². The summed E-state index contributed by atoms with van der Waals surface area (Å²) in [6.45, 7) is 8.33. The van der Waals surface area contributed by atoms with Gasteiger partial charge in [0.15, 0.2) is 17.8 Å². The number of carbonyl (C=O) groups is 2. The van der Waals surface area contributed by atoms with Gasteiger partial charge in [0.2, 0.25) is 23.7 Å². The molecule has 2 aliphatic rings. The molecule has 1 aromatic carbocycles. The molecule has 2 aliphatic heterocycles. The molecule has 11 nitrogen and oxygen atoms in total. The van der Waals surface area contributed by atoms with E-state index in [1.165, 1.54) is 6.39 Å². The van der Waals surface area contributed by atoms with Crippen molar-refractivity contribution in [1.29, 1.82) is 0 Å². The summed E-state index contributed by atoms with van der Waals surface area (Å²) in [5.74, 6) is 1.89. The predicted molar refractivity (Wildman–Crippen MR) is 122 cm³/mol. The van der Waals surface area contributed by atoms with Crippen molar-refractivity contribution in [2.75, 3.05) is 62.2 Å². The van der Waals surface area contributed by atoms with Crippen molar-refractivity contribution in [3.05, 3.63) is 24.6 Å². The van der Waals surface area contributed by atoms with Crippen LogP contribution in [0.1, 0.15) is 13.8 Å². The molecule has 0 radical (unpaired) electrons. The third kappa shape index (κ3) is 4.30. The van der Waals surface area contributed by atoms with Gasteiger partial charge in [-0.2, -0.15) is 15.0 Å². The molecule has 5 rings (SSSR count). The van der Waals surface area contributed by atoms with Crippen molar-refractivity contribution in [3.8, 4) is 11.4 Å².